The van der Waals surface area contributed by atoms with E-state index in [4.69, 9.17) is 0 Å². The zero-order valence-electron chi connectivity index (χ0n) is 12.5. The molecule has 1 saturated heterocycles. The summed E-state index contributed by atoms with van der Waals surface area (Å²) in [6, 6.07) is 2.12. The Labute approximate surface area is 115 Å². The standard InChI is InChI=1S/C15H25N3O/c1-11(2)15(19)17-7-5-14(6-8-17)10-18-13(4)9-12(3)16-18/h9,11,14H,5-8,10H2,1-4H3. The second kappa shape index (κ2) is 5.76. The molecule has 1 amide bonds. The van der Waals surface area contributed by atoms with Crippen LogP contribution in [-0.2, 0) is 11.3 Å². The van der Waals surface area contributed by atoms with Crippen LogP contribution in [0.4, 0.5) is 0 Å². The highest BCUT2D eigenvalue weighted by molar-refractivity contribution is 5.78. The molecule has 0 saturated carbocycles. The molecular weight excluding hydrogens is 238 g/mol. The van der Waals surface area contributed by atoms with Crippen molar-refractivity contribution in [3.05, 3.63) is 17.5 Å². The zero-order valence-corrected chi connectivity index (χ0v) is 12.5. The quantitative estimate of drug-likeness (QED) is 0.840. The molecule has 0 atom stereocenters. The van der Waals surface area contributed by atoms with Crippen LogP contribution in [0.1, 0.15) is 38.1 Å². The van der Waals surface area contributed by atoms with E-state index in [0.717, 1.165) is 38.2 Å². The van der Waals surface area contributed by atoms with Gasteiger partial charge in [-0.25, -0.2) is 0 Å². The van der Waals surface area contributed by atoms with E-state index >= 15 is 0 Å². The van der Waals surface area contributed by atoms with E-state index in [9.17, 15) is 4.79 Å². The molecule has 0 radical (unpaired) electrons. The Morgan fingerprint density at radius 3 is 2.47 bits per heavy atom. The number of carbonyl (C=O) groups excluding carboxylic acids is 1. The molecule has 1 fully saturated rings. The number of piperidine rings is 1. The first-order valence-corrected chi connectivity index (χ1v) is 7.27. The molecule has 0 spiro atoms. The molecule has 19 heavy (non-hydrogen) atoms. The average molecular weight is 263 g/mol. The van der Waals surface area contributed by atoms with Gasteiger partial charge in [-0.3, -0.25) is 9.48 Å². The zero-order chi connectivity index (χ0) is 14.0. The maximum Gasteiger partial charge on any atom is 0.225 e. The summed E-state index contributed by atoms with van der Waals surface area (Å²) in [5.41, 5.74) is 2.32. The second-order valence-corrected chi connectivity index (χ2v) is 6.03. The number of carbonyl (C=O) groups is 1. The molecule has 2 rings (SSSR count). The van der Waals surface area contributed by atoms with Crippen LogP contribution in [0, 0.1) is 25.7 Å². The molecule has 1 aliphatic rings. The van der Waals surface area contributed by atoms with Crippen molar-refractivity contribution in [2.75, 3.05) is 13.1 Å². The lowest BCUT2D eigenvalue weighted by atomic mass is 9.96. The van der Waals surface area contributed by atoms with Crippen molar-refractivity contribution >= 4 is 5.91 Å². The highest BCUT2D eigenvalue weighted by atomic mass is 16.2. The van der Waals surface area contributed by atoms with Crippen LogP contribution in [0.5, 0.6) is 0 Å². The number of aryl methyl sites for hydroxylation is 2. The molecule has 0 bridgehead atoms. The van der Waals surface area contributed by atoms with E-state index in [0.29, 0.717) is 11.8 Å². The highest BCUT2D eigenvalue weighted by Gasteiger charge is 2.24. The third-order valence-corrected chi connectivity index (χ3v) is 3.95. The predicted octanol–water partition coefficient (Wildman–Crippen LogP) is 2.39. The van der Waals surface area contributed by atoms with Gasteiger partial charge in [0.2, 0.25) is 5.91 Å². The minimum atomic E-state index is 0.118. The van der Waals surface area contributed by atoms with E-state index in [2.05, 4.69) is 22.8 Å². The van der Waals surface area contributed by atoms with Gasteiger partial charge in [-0.05, 0) is 38.7 Å². The molecule has 4 nitrogen and oxygen atoms in total. The highest BCUT2D eigenvalue weighted by Crippen LogP contribution is 2.21. The Morgan fingerprint density at radius 1 is 1.37 bits per heavy atom. The lowest BCUT2D eigenvalue weighted by Gasteiger charge is -2.33. The second-order valence-electron chi connectivity index (χ2n) is 6.03. The monoisotopic (exact) mass is 263 g/mol. The van der Waals surface area contributed by atoms with Crippen LogP contribution < -0.4 is 0 Å². The minimum Gasteiger partial charge on any atom is -0.342 e. The molecule has 1 aliphatic heterocycles. The number of nitrogens with zero attached hydrogens (tertiary/aromatic N) is 3. The minimum absolute atomic E-state index is 0.118. The number of hydrogen-bond acceptors (Lipinski definition) is 2. The Morgan fingerprint density at radius 2 is 2.00 bits per heavy atom. The predicted molar refractivity (Wildman–Crippen MR) is 75.8 cm³/mol. The van der Waals surface area contributed by atoms with Gasteiger partial charge in [-0.2, -0.15) is 5.10 Å². The summed E-state index contributed by atoms with van der Waals surface area (Å²) in [5, 5.41) is 4.52. The molecule has 1 aromatic rings. The first kappa shape index (κ1) is 14.1. The molecule has 0 N–H and O–H groups in total. The summed E-state index contributed by atoms with van der Waals surface area (Å²) < 4.78 is 2.11. The van der Waals surface area contributed by atoms with Crippen LogP contribution >= 0.6 is 0 Å². The summed E-state index contributed by atoms with van der Waals surface area (Å²) in [6.07, 6.45) is 2.19. The molecular formula is C15H25N3O. The van der Waals surface area contributed by atoms with E-state index in [1.165, 1.54) is 5.69 Å². The molecule has 0 unspecified atom stereocenters. The van der Waals surface area contributed by atoms with Gasteiger partial charge in [0.05, 0.1) is 5.69 Å². The van der Waals surface area contributed by atoms with Crippen molar-refractivity contribution in [1.82, 2.24) is 14.7 Å². The van der Waals surface area contributed by atoms with Gasteiger partial charge < -0.3 is 4.90 Å². The number of aromatic nitrogens is 2. The summed E-state index contributed by atoms with van der Waals surface area (Å²) in [6.45, 7) is 10.9. The molecule has 106 valence electrons. The van der Waals surface area contributed by atoms with Gasteiger partial charge in [0.1, 0.15) is 0 Å². The van der Waals surface area contributed by atoms with Crippen LogP contribution in [0.2, 0.25) is 0 Å². The van der Waals surface area contributed by atoms with E-state index < -0.39 is 0 Å². The van der Waals surface area contributed by atoms with Crippen molar-refractivity contribution in [2.24, 2.45) is 11.8 Å². The topological polar surface area (TPSA) is 38.1 Å². The van der Waals surface area contributed by atoms with Crippen LogP contribution in [0.15, 0.2) is 6.07 Å². The van der Waals surface area contributed by atoms with Crippen molar-refractivity contribution < 1.29 is 4.79 Å². The van der Waals surface area contributed by atoms with Crippen molar-refractivity contribution in [3.63, 3.8) is 0 Å². The van der Waals surface area contributed by atoms with Crippen LogP contribution in [-0.4, -0.2) is 33.7 Å². The lowest BCUT2D eigenvalue weighted by molar-refractivity contribution is -0.135. The molecule has 0 aliphatic carbocycles. The first-order valence-electron chi connectivity index (χ1n) is 7.27. The maximum atomic E-state index is 11.9. The summed E-state index contributed by atoms with van der Waals surface area (Å²) in [5.74, 6) is 1.06. The summed E-state index contributed by atoms with van der Waals surface area (Å²) in [7, 11) is 0. The van der Waals surface area contributed by atoms with E-state index in [1.807, 2.05) is 25.7 Å². The van der Waals surface area contributed by atoms with Gasteiger partial charge in [0.25, 0.3) is 0 Å². The first-order chi connectivity index (χ1) is 8.97. The molecule has 1 aromatic heterocycles. The number of rotatable bonds is 3. The Kier molecular flexibility index (Phi) is 4.27. The average Bonchev–Trinajstić information content (AvgIpc) is 2.68. The Hall–Kier alpha value is -1.32. The fourth-order valence-corrected chi connectivity index (χ4v) is 2.81. The van der Waals surface area contributed by atoms with E-state index in [1.54, 1.807) is 0 Å². The Bertz CT molecular complexity index is 442. The van der Waals surface area contributed by atoms with Crippen molar-refractivity contribution in [1.29, 1.82) is 0 Å². The van der Waals surface area contributed by atoms with Gasteiger partial charge in [0, 0.05) is 31.2 Å². The van der Waals surface area contributed by atoms with Gasteiger partial charge >= 0.3 is 0 Å². The Balaban J connectivity index is 1.87. The third kappa shape index (κ3) is 3.37. The van der Waals surface area contributed by atoms with Gasteiger partial charge in [-0.1, -0.05) is 13.8 Å². The number of likely N-dealkylation sites (tertiary alicyclic amines) is 1. The lowest BCUT2D eigenvalue weighted by Crippen LogP contribution is -2.41. The SMILES string of the molecule is Cc1cc(C)n(CC2CCN(C(=O)C(C)C)CC2)n1. The van der Waals surface area contributed by atoms with E-state index in [-0.39, 0.29) is 5.92 Å². The third-order valence-electron chi connectivity index (χ3n) is 3.95. The van der Waals surface area contributed by atoms with Gasteiger partial charge in [-0.15, -0.1) is 0 Å². The molecule has 0 aromatic carbocycles. The fourth-order valence-electron chi connectivity index (χ4n) is 2.81. The fraction of sp³-hybridized carbons (Fsp3) is 0.733. The number of amides is 1. The smallest absolute Gasteiger partial charge is 0.225 e. The summed E-state index contributed by atoms with van der Waals surface area (Å²) >= 11 is 0. The number of hydrogen-bond donors (Lipinski definition) is 0. The van der Waals surface area contributed by atoms with Crippen LogP contribution in [0.3, 0.4) is 0 Å². The van der Waals surface area contributed by atoms with Crippen LogP contribution in [0.25, 0.3) is 0 Å². The van der Waals surface area contributed by atoms with Crippen molar-refractivity contribution in [2.45, 2.75) is 47.1 Å². The molecule has 2 heterocycles. The normalized spacial score (nSPS) is 17.2. The van der Waals surface area contributed by atoms with Gasteiger partial charge in [0.15, 0.2) is 0 Å². The van der Waals surface area contributed by atoms with Crippen molar-refractivity contribution in [3.8, 4) is 0 Å². The summed E-state index contributed by atoms with van der Waals surface area (Å²) in [4.78, 5) is 13.9. The molecule has 4 heteroatoms. The largest absolute Gasteiger partial charge is 0.342 e. The maximum absolute atomic E-state index is 11.9.